The fourth-order valence-electron chi connectivity index (χ4n) is 3.75. The highest BCUT2D eigenvalue weighted by Gasteiger charge is 2.25. The summed E-state index contributed by atoms with van der Waals surface area (Å²) in [5.41, 5.74) is 1.01. The quantitative estimate of drug-likeness (QED) is 0.475. The Kier molecular flexibility index (Phi) is 6.69. The van der Waals surface area contributed by atoms with Gasteiger partial charge < -0.3 is 5.32 Å². The molecule has 0 saturated heterocycles. The highest BCUT2D eigenvalue weighted by molar-refractivity contribution is 7.99. The number of halogens is 2. The van der Waals surface area contributed by atoms with Gasteiger partial charge in [-0.1, -0.05) is 66.9 Å². The number of thioether (sulfide) groups is 1. The smallest absolute Gasteiger partial charge is 0.234 e. The molecule has 1 aliphatic carbocycles. The number of nitrogens with zero attached hydrogens (tertiary/aromatic N) is 3. The van der Waals surface area contributed by atoms with Crippen LogP contribution in [-0.4, -0.2) is 26.4 Å². The minimum Gasteiger partial charge on any atom is -0.324 e. The largest absolute Gasteiger partial charge is 0.324 e. The summed E-state index contributed by atoms with van der Waals surface area (Å²) in [6.45, 7) is 0. The molecule has 8 heteroatoms. The second-order valence-corrected chi connectivity index (χ2v) is 8.61. The van der Waals surface area contributed by atoms with E-state index < -0.39 is 0 Å². The van der Waals surface area contributed by atoms with Crippen molar-refractivity contribution < 1.29 is 9.18 Å². The molecule has 1 amide bonds. The molecule has 0 atom stereocenters. The van der Waals surface area contributed by atoms with Crippen LogP contribution in [0, 0.1) is 5.82 Å². The molecule has 30 heavy (non-hydrogen) atoms. The Labute approximate surface area is 184 Å². The Bertz CT molecular complexity index is 1040. The van der Waals surface area contributed by atoms with Crippen molar-refractivity contribution in [2.75, 3.05) is 11.1 Å². The van der Waals surface area contributed by atoms with Crippen LogP contribution in [-0.2, 0) is 4.79 Å². The first-order valence-corrected chi connectivity index (χ1v) is 11.4. The van der Waals surface area contributed by atoms with Crippen LogP contribution in [0.1, 0.15) is 38.1 Å². The summed E-state index contributed by atoms with van der Waals surface area (Å²) in [5.74, 6) is 0.176. The van der Waals surface area contributed by atoms with Crippen LogP contribution < -0.4 is 5.32 Å². The van der Waals surface area contributed by atoms with Gasteiger partial charge in [0.05, 0.1) is 22.0 Å². The maximum atomic E-state index is 14.5. The number of hydrogen-bond acceptors (Lipinski definition) is 4. The second kappa shape index (κ2) is 9.62. The highest BCUT2D eigenvalue weighted by atomic mass is 35.5. The molecule has 0 aliphatic heterocycles. The van der Waals surface area contributed by atoms with Gasteiger partial charge in [-0.05, 0) is 37.1 Å². The summed E-state index contributed by atoms with van der Waals surface area (Å²) >= 11 is 7.42. The Hall–Kier alpha value is -2.38. The fourth-order valence-corrected chi connectivity index (χ4v) is 4.74. The van der Waals surface area contributed by atoms with Crippen molar-refractivity contribution in [1.82, 2.24) is 14.8 Å². The van der Waals surface area contributed by atoms with E-state index in [1.165, 1.54) is 24.2 Å². The lowest BCUT2D eigenvalue weighted by atomic mass is 9.95. The number of para-hydroxylation sites is 1. The van der Waals surface area contributed by atoms with Crippen molar-refractivity contribution in [3.63, 3.8) is 0 Å². The number of rotatable bonds is 6. The average molecular weight is 445 g/mol. The minimum atomic E-state index is -0.324. The Balaban J connectivity index is 1.56. The molecule has 1 N–H and O–H groups in total. The highest BCUT2D eigenvalue weighted by Crippen LogP contribution is 2.36. The number of carbonyl (C=O) groups excluding carboxylic acids is 1. The molecule has 156 valence electrons. The zero-order valence-electron chi connectivity index (χ0n) is 16.4. The molecular formula is C22H22ClFN4OS. The first-order chi connectivity index (χ1) is 14.6. The lowest BCUT2D eigenvalue weighted by molar-refractivity contribution is -0.113. The third kappa shape index (κ3) is 4.68. The van der Waals surface area contributed by atoms with Gasteiger partial charge in [0, 0.05) is 6.04 Å². The van der Waals surface area contributed by atoms with E-state index in [4.69, 9.17) is 11.6 Å². The van der Waals surface area contributed by atoms with E-state index >= 15 is 0 Å². The maximum absolute atomic E-state index is 14.5. The van der Waals surface area contributed by atoms with Crippen LogP contribution in [0.25, 0.3) is 11.4 Å². The average Bonchev–Trinajstić information content (AvgIpc) is 3.18. The van der Waals surface area contributed by atoms with Crippen LogP contribution in [0.4, 0.5) is 10.1 Å². The SMILES string of the molecule is O=C(CSc1nnc(-c2ccccc2F)n1C1CCCCC1)Nc1ccccc1Cl. The van der Waals surface area contributed by atoms with Crippen LogP contribution in [0.3, 0.4) is 0 Å². The number of amides is 1. The summed E-state index contributed by atoms with van der Waals surface area (Å²) in [5, 5.41) is 12.5. The summed E-state index contributed by atoms with van der Waals surface area (Å²) in [6.07, 6.45) is 5.45. The van der Waals surface area contributed by atoms with E-state index in [-0.39, 0.29) is 23.5 Å². The van der Waals surface area contributed by atoms with Gasteiger partial charge in [-0.2, -0.15) is 0 Å². The molecule has 0 unspecified atom stereocenters. The number of hydrogen-bond donors (Lipinski definition) is 1. The van der Waals surface area contributed by atoms with Crippen molar-refractivity contribution >= 4 is 35.0 Å². The second-order valence-electron chi connectivity index (χ2n) is 7.26. The molecule has 1 aliphatic rings. The predicted octanol–water partition coefficient (Wildman–Crippen LogP) is 5.97. The van der Waals surface area contributed by atoms with Gasteiger partial charge in [0.2, 0.25) is 5.91 Å². The van der Waals surface area contributed by atoms with Crippen LogP contribution in [0.15, 0.2) is 53.7 Å². The molecule has 0 bridgehead atoms. The monoisotopic (exact) mass is 444 g/mol. The molecular weight excluding hydrogens is 423 g/mol. The van der Waals surface area contributed by atoms with Crippen LogP contribution in [0.5, 0.6) is 0 Å². The molecule has 5 nitrogen and oxygen atoms in total. The van der Waals surface area contributed by atoms with Gasteiger partial charge in [-0.25, -0.2) is 4.39 Å². The summed E-state index contributed by atoms with van der Waals surface area (Å²) in [7, 11) is 0. The molecule has 0 radical (unpaired) electrons. The van der Waals surface area contributed by atoms with E-state index in [1.54, 1.807) is 30.3 Å². The third-order valence-corrected chi connectivity index (χ3v) is 6.47. The van der Waals surface area contributed by atoms with Crippen molar-refractivity contribution in [3.8, 4) is 11.4 Å². The Morgan fingerprint density at radius 1 is 1.10 bits per heavy atom. The topological polar surface area (TPSA) is 59.8 Å². The minimum absolute atomic E-state index is 0.160. The molecule has 1 fully saturated rings. The predicted molar refractivity (Wildman–Crippen MR) is 118 cm³/mol. The van der Waals surface area contributed by atoms with Crippen molar-refractivity contribution in [2.24, 2.45) is 0 Å². The molecule has 0 spiro atoms. The van der Waals surface area contributed by atoms with E-state index in [1.807, 2.05) is 16.7 Å². The van der Waals surface area contributed by atoms with E-state index in [9.17, 15) is 9.18 Å². The van der Waals surface area contributed by atoms with Crippen molar-refractivity contribution in [3.05, 3.63) is 59.4 Å². The first-order valence-electron chi connectivity index (χ1n) is 10.0. The van der Waals surface area contributed by atoms with Gasteiger partial charge in [-0.3, -0.25) is 9.36 Å². The molecule has 3 aromatic rings. The van der Waals surface area contributed by atoms with Crippen LogP contribution in [0.2, 0.25) is 5.02 Å². The Morgan fingerprint density at radius 3 is 2.60 bits per heavy atom. The van der Waals surface area contributed by atoms with E-state index in [0.29, 0.717) is 27.3 Å². The van der Waals surface area contributed by atoms with E-state index in [2.05, 4.69) is 15.5 Å². The third-order valence-electron chi connectivity index (χ3n) is 5.20. The summed E-state index contributed by atoms with van der Waals surface area (Å²) in [6, 6.07) is 13.9. The van der Waals surface area contributed by atoms with Crippen LogP contribution >= 0.6 is 23.4 Å². The summed E-state index contributed by atoms with van der Waals surface area (Å²) in [4.78, 5) is 12.4. The zero-order valence-corrected chi connectivity index (χ0v) is 17.9. The van der Waals surface area contributed by atoms with Crippen molar-refractivity contribution in [2.45, 2.75) is 43.3 Å². The summed E-state index contributed by atoms with van der Waals surface area (Å²) < 4.78 is 16.5. The van der Waals surface area contributed by atoms with Gasteiger partial charge in [0.1, 0.15) is 5.82 Å². The Morgan fingerprint density at radius 2 is 1.83 bits per heavy atom. The lowest BCUT2D eigenvalue weighted by Gasteiger charge is -2.25. The number of benzene rings is 2. The first kappa shape index (κ1) is 20.9. The maximum Gasteiger partial charge on any atom is 0.234 e. The van der Waals surface area contributed by atoms with Gasteiger partial charge >= 0.3 is 0 Å². The van der Waals surface area contributed by atoms with Crippen molar-refractivity contribution in [1.29, 1.82) is 0 Å². The number of nitrogens with one attached hydrogen (secondary N) is 1. The van der Waals surface area contributed by atoms with Gasteiger partial charge in [0.15, 0.2) is 11.0 Å². The lowest BCUT2D eigenvalue weighted by Crippen LogP contribution is -2.17. The normalized spacial score (nSPS) is 14.6. The fraction of sp³-hybridized carbons (Fsp3) is 0.318. The standard InChI is InChI=1S/C22H22ClFN4OS/c23-17-11-5-7-13-19(17)25-20(29)14-30-22-27-26-21(16-10-4-6-12-18(16)24)28(22)15-8-2-1-3-9-15/h4-7,10-13,15H,1-3,8-9,14H2,(H,25,29). The zero-order chi connectivity index (χ0) is 20.9. The number of anilines is 1. The number of carbonyl (C=O) groups is 1. The van der Waals surface area contributed by atoms with Gasteiger partial charge in [0.25, 0.3) is 0 Å². The molecule has 1 aromatic heterocycles. The molecule has 1 saturated carbocycles. The molecule has 4 rings (SSSR count). The van der Waals surface area contributed by atoms with Gasteiger partial charge in [-0.15, -0.1) is 10.2 Å². The number of aromatic nitrogens is 3. The molecule has 2 aromatic carbocycles. The van der Waals surface area contributed by atoms with E-state index in [0.717, 1.165) is 25.7 Å². The molecule has 1 heterocycles.